The molecule has 0 saturated heterocycles. The second kappa shape index (κ2) is 4.46. The van der Waals surface area contributed by atoms with E-state index in [-0.39, 0.29) is 0 Å². The molecule has 7 atom stereocenters. The summed E-state index contributed by atoms with van der Waals surface area (Å²) in [6.07, 6.45) is 12.5. The van der Waals surface area contributed by atoms with Crippen LogP contribution in [-0.2, 0) is 0 Å². The Morgan fingerprint density at radius 2 is 1.70 bits per heavy atom. The van der Waals surface area contributed by atoms with Gasteiger partial charge in [-0.2, -0.15) is 0 Å². The number of rotatable bonds is 0. The maximum atomic E-state index is 13.8. The summed E-state index contributed by atoms with van der Waals surface area (Å²) in [5.41, 5.74) is 1.15. The molecule has 0 radical (unpaired) electrons. The first-order chi connectivity index (χ1) is 9.53. The molecule has 0 heterocycles. The van der Waals surface area contributed by atoms with E-state index in [2.05, 4.69) is 13.8 Å². The van der Waals surface area contributed by atoms with Crippen LogP contribution < -0.4 is 0 Å². The van der Waals surface area contributed by atoms with Gasteiger partial charge in [0.15, 0.2) is 0 Å². The van der Waals surface area contributed by atoms with Gasteiger partial charge in [-0.05, 0) is 92.3 Å². The minimum atomic E-state index is -0.495. The average Bonchev–Trinajstić information content (AvgIpc) is 2.81. The van der Waals surface area contributed by atoms with Gasteiger partial charge in [-0.15, -0.1) is 0 Å². The van der Waals surface area contributed by atoms with Crippen molar-refractivity contribution in [2.24, 2.45) is 34.5 Å². The highest BCUT2D eigenvalue weighted by molar-refractivity contribution is 5.07. The summed E-state index contributed by atoms with van der Waals surface area (Å²) in [5.74, 6) is 3.60. The highest BCUT2D eigenvalue weighted by Crippen LogP contribution is 2.66. The molecular weight excluding hydrogens is 247 g/mol. The molecule has 114 valence electrons. The van der Waals surface area contributed by atoms with E-state index < -0.39 is 6.17 Å². The molecule has 0 spiro atoms. The van der Waals surface area contributed by atoms with Crippen LogP contribution in [0.15, 0.2) is 0 Å². The molecule has 0 amide bonds. The standard InChI is InChI=1S/C19H31F/c1-18-9-3-4-16(18)15-6-5-13-12-14(20)7-11-19(13,2)17(15)8-10-18/h13-17H,3-12H2,1-2H3/t13-,14?,15-,16-,17-,18-,19-/m0/s1. The van der Waals surface area contributed by atoms with Crippen molar-refractivity contribution in [3.63, 3.8) is 0 Å². The Hall–Kier alpha value is -0.0700. The third-order valence-electron chi connectivity index (χ3n) is 8.38. The number of hydrogen-bond acceptors (Lipinski definition) is 0. The Kier molecular flexibility index (Phi) is 3.03. The van der Waals surface area contributed by atoms with E-state index >= 15 is 0 Å². The van der Waals surface area contributed by atoms with E-state index in [1.807, 2.05) is 0 Å². The second-order valence-corrected chi connectivity index (χ2v) is 9.11. The first kappa shape index (κ1) is 13.6. The predicted molar refractivity (Wildman–Crippen MR) is 81.2 cm³/mol. The third kappa shape index (κ3) is 1.77. The van der Waals surface area contributed by atoms with E-state index in [9.17, 15) is 4.39 Å². The second-order valence-electron chi connectivity index (χ2n) is 9.11. The Morgan fingerprint density at radius 3 is 2.55 bits per heavy atom. The Labute approximate surface area is 123 Å². The molecule has 4 saturated carbocycles. The molecule has 20 heavy (non-hydrogen) atoms. The normalized spacial score (nSPS) is 58.6. The SMILES string of the molecule is C[C@@]12CCC[C@H]1[C@@H]1CC[C@H]3CC(F)CC[C@]3(C)[C@H]1CC2. The number of hydrogen-bond donors (Lipinski definition) is 0. The minimum Gasteiger partial charge on any atom is -0.247 e. The van der Waals surface area contributed by atoms with Crippen molar-refractivity contribution in [1.82, 2.24) is 0 Å². The van der Waals surface area contributed by atoms with Crippen molar-refractivity contribution in [3.8, 4) is 0 Å². The summed E-state index contributed by atoms with van der Waals surface area (Å²) in [6.45, 7) is 5.12. The first-order valence-corrected chi connectivity index (χ1v) is 9.17. The van der Waals surface area contributed by atoms with Crippen LogP contribution >= 0.6 is 0 Å². The van der Waals surface area contributed by atoms with Gasteiger partial charge in [-0.1, -0.05) is 20.3 Å². The molecule has 0 aromatic heterocycles. The summed E-state index contributed by atoms with van der Waals surface area (Å²) < 4.78 is 13.8. The van der Waals surface area contributed by atoms with E-state index in [4.69, 9.17) is 0 Å². The molecule has 4 aliphatic rings. The fourth-order valence-electron chi connectivity index (χ4n) is 7.20. The van der Waals surface area contributed by atoms with Gasteiger partial charge in [0.05, 0.1) is 0 Å². The van der Waals surface area contributed by atoms with Gasteiger partial charge in [0.25, 0.3) is 0 Å². The molecule has 4 fully saturated rings. The van der Waals surface area contributed by atoms with Crippen molar-refractivity contribution in [2.75, 3.05) is 0 Å². The zero-order chi connectivity index (χ0) is 14.0. The van der Waals surface area contributed by atoms with Crippen LogP contribution in [0.2, 0.25) is 0 Å². The molecule has 0 nitrogen and oxygen atoms in total. The third-order valence-corrected chi connectivity index (χ3v) is 8.38. The van der Waals surface area contributed by atoms with Crippen LogP contribution in [-0.4, -0.2) is 6.17 Å². The van der Waals surface area contributed by atoms with Gasteiger partial charge in [-0.3, -0.25) is 0 Å². The lowest BCUT2D eigenvalue weighted by Crippen LogP contribution is -2.52. The number of fused-ring (bicyclic) bond motifs is 5. The molecule has 1 heteroatoms. The zero-order valence-corrected chi connectivity index (χ0v) is 13.3. The Balaban J connectivity index is 1.62. The fraction of sp³-hybridized carbons (Fsp3) is 1.00. The molecule has 0 aromatic carbocycles. The van der Waals surface area contributed by atoms with Crippen LogP contribution in [0.3, 0.4) is 0 Å². The Bertz CT molecular complexity index is 391. The summed E-state index contributed by atoms with van der Waals surface area (Å²) in [5, 5.41) is 0. The van der Waals surface area contributed by atoms with Crippen LogP contribution in [0.4, 0.5) is 4.39 Å². The highest BCUT2D eigenvalue weighted by Gasteiger charge is 2.57. The van der Waals surface area contributed by atoms with E-state index in [0.717, 1.165) is 30.6 Å². The van der Waals surface area contributed by atoms with Crippen molar-refractivity contribution in [2.45, 2.75) is 84.2 Å². The molecule has 4 rings (SSSR count). The Morgan fingerprint density at radius 1 is 0.850 bits per heavy atom. The number of alkyl halides is 1. The molecule has 0 bridgehead atoms. The maximum absolute atomic E-state index is 13.8. The monoisotopic (exact) mass is 278 g/mol. The van der Waals surface area contributed by atoms with Gasteiger partial charge in [0.1, 0.15) is 6.17 Å². The van der Waals surface area contributed by atoms with Crippen LogP contribution in [0.1, 0.15) is 78.1 Å². The molecular formula is C19H31F. The van der Waals surface area contributed by atoms with E-state index in [1.165, 1.54) is 51.4 Å². The lowest BCUT2D eigenvalue weighted by atomic mass is 9.45. The summed E-state index contributed by atoms with van der Waals surface area (Å²) >= 11 is 0. The molecule has 0 N–H and O–H groups in total. The van der Waals surface area contributed by atoms with Crippen molar-refractivity contribution < 1.29 is 4.39 Å². The van der Waals surface area contributed by atoms with Crippen molar-refractivity contribution in [3.05, 3.63) is 0 Å². The van der Waals surface area contributed by atoms with E-state index in [0.29, 0.717) is 16.7 Å². The van der Waals surface area contributed by atoms with E-state index in [1.54, 1.807) is 0 Å². The van der Waals surface area contributed by atoms with Gasteiger partial charge in [0, 0.05) is 0 Å². The van der Waals surface area contributed by atoms with Crippen LogP contribution in [0, 0.1) is 34.5 Å². The quantitative estimate of drug-likeness (QED) is 0.528. The largest absolute Gasteiger partial charge is 0.247 e. The average molecular weight is 278 g/mol. The molecule has 0 aliphatic heterocycles. The smallest absolute Gasteiger partial charge is 0.100 e. The van der Waals surface area contributed by atoms with Gasteiger partial charge in [0.2, 0.25) is 0 Å². The highest BCUT2D eigenvalue weighted by atomic mass is 19.1. The molecule has 4 aliphatic carbocycles. The van der Waals surface area contributed by atoms with Gasteiger partial charge in [-0.25, -0.2) is 4.39 Å². The molecule has 0 aromatic rings. The number of halogens is 1. The van der Waals surface area contributed by atoms with Crippen molar-refractivity contribution >= 4 is 0 Å². The zero-order valence-electron chi connectivity index (χ0n) is 13.3. The summed E-state index contributed by atoms with van der Waals surface area (Å²) in [6, 6.07) is 0. The predicted octanol–water partition coefficient (Wildman–Crippen LogP) is 5.76. The topological polar surface area (TPSA) is 0 Å². The van der Waals surface area contributed by atoms with Gasteiger partial charge >= 0.3 is 0 Å². The summed E-state index contributed by atoms with van der Waals surface area (Å²) in [7, 11) is 0. The minimum absolute atomic E-state index is 0.482. The fourth-order valence-corrected chi connectivity index (χ4v) is 7.20. The molecule has 1 unspecified atom stereocenters. The van der Waals surface area contributed by atoms with Crippen LogP contribution in [0.5, 0.6) is 0 Å². The van der Waals surface area contributed by atoms with Gasteiger partial charge < -0.3 is 0 Å². The lowest BCUT2D eigenvalue weighted by molar-refractivity contribution is -0.113. The first-order valence-electron chi connectivity index (χ1n) is 9.17. The maximum Gasteiger partial charge on any atom is 0.100 e. The van der Waals surface area contributed by atoms with Crippen molar-refractivity contribution in [1.29, 1.82) is 0 Å². The summed E-state index contributed by atoms with van der Waals surface area (Å²) in [4.78, 5) is 0. The van der Waals surface area contributed by atoms with Crippen LogP contribution in [0.25, 0.3) is 0 Å². The lowest BCUT2D eigenvalue weighted by Gasteiger charge is -2.60.